The van der Waals surface area contributed by atoms with E-state index in [2.05, 4.69) is 5.32 Å². The zero-order valence-corrected chi connectivity index (χ0v) is 25.5. The Bertz CT molecular complexity index is 1630. The van der Waals surface area contributed by atoms with Gasteiger partial charge in [0.25, 0.3) is 5.91 Å². The second-order valence-corrected chi connectivity index (χ2v) is 13.4. The topological polar surface area (TPSA) is 86.7 Å². The minimum Gasteiger partial charge on any atom is -0.481 e. The average molecular weight is 625 g/mol. The van der Waals surface area contributed by atoms with Crippen molar-refractivity contribution < 1.29 is 37.1 Å². The molecule has 3 aromatic carbocycles. The predicted molar refractivity (Wildman–Crippen MR) is 161 cm³/mol. The van der Waals surface area contributed by atoms with Gasteiger partial charge < -0.3 is 15.3 Å². The second-order valence-electron chi connectivity index (χ2n) is 13.4. The summed E-state index contributed by atoms with van der Waals surface area (Å²) < 4.78 is 56.2. The van der Waals surface area contributed by atoms with Crippen LogP contribution in [0.5, 0.6) is 0 Å². The lowest BCUT2D eigenvalue weighted by atomic mass is 9.82. The van der Waals surface area contributed by atoms with Gasteiger partial charge in [-0.05, 0) is 65.1 Å². The monoisotopic (exact) mass is 624 g/mol. The van der Waals surface area contributed by atoms with Gasteiger partial charge in [-0.1, -0.05) is 70.2 Å². The molecule has 1 aliphatic heterocycles. The molecule has 0 saturated heterocycles. The molecule has 0 spiro atoms. The first-order valence-electron chi connectivity index (χ1n) is 14.9. The summed E-state index contributed by atoms with van der Waals surface area (Å²) in [5.41, 5.74) is 1.19. The maximum absolute atomic E-state index is 14.2. The van der Waals surface area contributed by atoms with Gasteiger partial charge in [0.05, 0.1) is 23.8 Å². The number of carbonyl (C=O) groups excluding carboxylic acids is 2. The van der Waals surface area contributed by atoms with Crippen molar-refractivity contribution in [3.8, 4) is 0 Å². The quantitative estimate of drug-likeness (QED) is 0.240. The van der Waals surface area contributed by atoms with Crippen molar-refractivity contribution in [1.82, 2.24) is 4.90 Å². The Morgan fingerprint density at radius 2 is 1.69 bits per heavy atom. The van der Waals surface area contributed by atoms with Crippen LogP contribution in [0.2, 0.25) is 0 Å². The van der Waals surface area contributed by atoms with Gasteiger partial charge in [0.1, 0.15) is 5.82 Å². The highest BCUT2D eigenvalue weighted by atomic mass is 19.4. The van der Waals surface area contributed by atoms with E-state index >= 15 is 0 Å². The van der Waals surface area contributed by atoms with E-state index in [1.165, 1.54) is 29.2 Å². The number of anilines is 1. The molecule has 45 heavy (non-hydrogen) atoms. The van der Waals surface area contributed by atoms with Crippen LogP contribution in [0.25, 0.3) is 0 Å². The third-order valence-corrected chi connectivity index (χ3v) is 9.26. The molecule has 1 aliphatic carbocycles. The summed E-state index contributed by atoms with van der Waals surface area (Å²) in [5.74, 6) is -6.15. The van der Waals surface area contributed by atoms with Crippen molar-refractivity contribution in [3.63, 3.8) is 0 Å². The van der Waals surface area contributed by atoms with Crippen molar-refractivity contribution in [3.05, 3.63) is 100 Å². The Morgan fingerprint density at radius 1 is 1.02 bits per heavy atom. The molecule has 0 bridgehead atoms. The number of amides is 2. The molecule has 1 heterocycles. The maximum atomic E-state index is 14.2. The molecule has 2 amide bonds. The number of carboxylic acid groups (broad SMARTS) is 1. The van der Waals surface area contributed by atoms with E-state index in [1.807, 2.05) is 20.8 Å². The third-order valence-electron chi connectivity index (χ3n) is 9.26. The second kappa shape index (κ2) is 11.6. The summed E-state index contributed by atoms with van der Waals surface area (Å²) in [6, 6.07) is 16.9. The van der Waals surface area contributed by atoms with Gasteiger partial charge in [0, 0.05) is 23.4 Å². The van der Waals surface area contributed by atoms with Gasteiger partial charge in [0.15, 0.2) is 0 Å². The van der Waals surface area contributed by atoms with E-state index < -0.39 is 41.1 Å². The van der Waals surface area contributed by atoms with E-state index in [9.17, 15) is 37.1 Å². The standard InChI is InChI=1S/C35H36F4N2O4/c1-20(35(37,38)39)29(23-13-11-21(12-14-23)18-41-19-26-25(31(41)43)9-6-10-27(26)36)30(42)40-24-8-5-7-22(15-24)16-34(32(44)45)17-28(34)33(2,3)4/h5-15,20,28-29H,16-19H2,1-4H3,(H,40,42)(H,44,45)/t20-,28?,29+,34?/m0/s1. The first-order chi connectivity index (χ1) is 21.0. The van der Waals surface area contributed by atoms with Gasteiger partial charge in [0.2, 0.25) is 5.91 Å². The van der Waals surface area contributed by atoms with Crippen LogP contribution in [-0.2, 0) is 29.1 Å². The number of rotatable bonds is 9. The Hall–Kier alpha value is -4.21. The molecule has 2 aliphatic rings. The molecule has 3 aromatic rings. The number of hydrogen-bond donors (Lipinski definition) is 2. The number of carboxylic acids is 1. The van der Waals surface area contributed by atoms with Crippen LogP contribution in [0.3, 0.4) is 0 Å². The summed E-state index contributed by atoms with van der Waals surface area (Å²) >= 11 is 0. The van der Waals surface area contributed by atoms with Crippen LogP contribution in [0, 0.1) is 28.5 Å². The van der Waals surface area contributed by atoms with Gasteiger partial charge in [-0.15, -0.1) is 0 Å². The fourth-order valence-corrected chi connectivity index (χ4v) is 6.68. The van der Waals surface area contributed by atoms with E-state index in [4.69, 9.17) is 0 Å². The predicted octanol–water partition coefficient (Wildman–Crippen LogP) is 7.58. The summed E-state index contributed by atoms with van der Waals surface area (Å²) in [6.45, 7) is 7.17. The number of alkyl halides is 3. The normalized spacial score (nSPS) is 20.8. The van der Waals surface area contributed by atoms with E-state index in [0.717, 1.165) is 6.92 Å². The molecule has 2 N–H and O–H groups in total. The summed E-state index contributed by atoms with van der Waals surface area (Å²) in [4.78, 5) is 39.9. The zero-order valence-electron chi connectivity index (χ0n) is 25.5. The van der Waals surface area contributed by atoms with Crippen molar-refractivity contribution >= 4 is 23.5 Å². The molecule has 5 rings (SSSR count). The first kappa shape index (κ1) is 32.2. The molecule has 2 unspecified atom stereocenters. The largest absolute Gasteiger partial charge is 0.481 e. The van der Waals surface area contributed by atoms with E-state index in [-0.39, 0.29) is 53.6 Å². The highest BCUT2D eigenvalue weighted by Gasteiger charge is 2.63. The molecule has 6 nitrogen and oxygen atoms in total. The number of halogens is 4. The van der Waals surface area contributed by atoms with Crippen molar-refractivity contribution in [2.75, 3.05) is 5.32 Å². The maximum Gasteiger partial charge on any atom is 0.392 e. The molecule has 10 heteroatoms. The van der Waals surface area contributed by atoms with Crippen LogP contribution >= 0.6 is 0 Å². The van der Waals surface area contributed by atoms with E-state index in [1.54, 1.807) is 42.5 Å². The van der Waals surface area contributed by atoms with Crippen molar-refractivity contribution in [1.29, 1.82) is 0 Å². The zero-order chi connectivity index (χ0) is 32.9. The smallest absolute Gasteiger partial charge is 0.392 e. The Balaban J connectivity index is 1.33. The lowest BCUT2D eigenvalue weighted by Gasteiger charge is -2.26. The summed E-state index contributed by atoms with van der Waals surface area (Å²) in [6.07, 6.45) is -3.89. The molecular weight excluding hydrogens is 588 g/mol. The number of nitrogens with zero attached hydrogens (tertiary/aromatic N) is 1. The average Bonchev–Trinajstić information content (AvgIpc) is 3.62. The first-order valence-corrected chi connectivity index (χ1v) is 14.9. The molecule has 1 fully saturated rings. The van der Waals surface area contributed by atoms with Gasteiger partial charge >= 0.3 is 12.1 Å². The van der Waals surface area contributed by atoms with Crippen LogP contribution in [-0.4, -0.2) is 34.0 Å². The highest BCUT2D eigenvalue weighted by molar-refractivity contribution is 5.98. The Morgan fingerprint density at radius 3 is 2.27 bits per heavy atom. The number of aliphatic carboxylic acids is 1. The van der Waals surface area contributed by atoms with Crippen LogP contribution < -0.4 is 5.32 Å². The lowest BCUT2D eigenvalue weighted by Crippen LogP contribution is -2.34. The van der Waals surface area contributed by atoms with Gasteiger partial charge in [-0.2, -0.15) is 13.2 Å². The number of carbonyl (C=O) groups is 3. The molecule has 4 atom stereocenters. The van der Waals surface area contributed by atoms with Crippen molar-refractivity contribution in [2.24, 2.45) is 22.7 Å². The summed E-state index contributed by atoms with van der Waals surface area (Å²) in [7, 11) is 0. The number of fused-ring (bicyclic) bond motifs is 1. The fourth-order valence-electron chi connectivity index (χ4n) is 6.68. The third kappa shape index (κ3) is 6.46. The molecule has 1 saturated carbocycles. The minimum atomic E-state index is -4.66. The fraction of sp³-hybridized carbons (Fsp3) is 0.400. The van der Waals surface area contributed by atoms with Crippen molar-refractivity contribution in [2.45, 2.75) is 65.7 Å². The number of nitrogens with one attached hydrogen (secondary N) is 1. The SMILES string of the molecule is C[C@@H]([C@@H](C(=O)Nc1cccc(CC2(C(=O)O)CC2C(C)(C)C)c1)c1ccc(CN2Cc3c(F)cccc3C2=O)cc1)C(F)(F)F. The molecular formula is C35H36F4N2O4. The van der Waals surface area contributed by atoms with Gasteiger partial charge in [-0.25, -0.2) is 4.39 Å². The van der Waals surface area contributed by atoms with Crippen LogP contribution in [0.1, 0.15) is 72.6 Å². The Kier molecular flexibility index (Phi) is 8.31. The highest BCUT2D eigenvalue weighted by Crippen LogP contribution is 2.62. The number of hydrogen-bond acceptors (Lipinski definition) is 3. The Labute approximate surface area is 259 Å². The van der Waals surface area contributed by atoms with Crippen LogP contribution in [0.4, 0.5) is 23.2 Å². The molecule has 238 valence electrons. The minimum absolute atomic E-state index is 0.0270. The summed E-state index contributed by atoms with van der Waals surface area (Å²) in [5, 5.41) is 12.6. The van der Waals surface area contributed by atoms with Crippen LogP contribution in [0.15, 0.2) is 66.7 Å². The molecule has 0 aromatic heterocycles. The molecule has 0 radical (unpaired) electrons. The van der Waals surface area contributed by atoms with Gasteiger partial charge in [-0.3, -0.25) is 14.4 Å². The number of benzene rings is 3. The lowest BCUT2D eigenvalue weighted by molar-refractivity contribution is -0.178. The van der Waals surface area contributed by atoms with E-state index in [0.29, 0.717) is 23.1 Å².